The van der Waals surface area contributed by atoms with Crippen molar-refractivity contribution in [2.24, 2.45) is 5.92 Å². The van der Waals surface area contributed by atoms with E-state index >= 15 is 0 Å². The Hall–Kier alpha value is -2.98. The summed E-state index contributed by atoms with van der Waals surface area (Å²) < 4.78 is 57.7. The second-order valence-electron chi connectivity index (χ2n) is 18.0. The Balaban J connectivity index is 2.24. The summed E-state index contributed by atoms with van der Waals surface area (Å²) in [4.78, 5) is 56.8. The van der Waals surface area contributed by atoms with Gasteiger partial charge in [-0.25, -0.2) is 9.13 Å². The van der Waals surface area contributed by atoms with E-state index in [2.05, 4.69) is 67.7 Å². The summed E-state index contributed by atoms with van der Waals surface area (Å²) in [6.07, 6.45) is 12.0. The fourth-order valence-corrected chi connectivity index (χ4v) is 9.27. The van der Waals surface area contributed by atoms with Gasteiger partial charge in [0.05, 0.1) is 24.9 Å². The number of hydrogen-bond acceptors (Lipinski definition) is 17. The molecule has 1 fully saturated rings. The summed E-state index contributed by atoms with van der Waals surface area (Å²) in [5.74, 6) is -2.91. The first-order valence-corrected chi connectivity index (χ1v) is 28.6. The molecular weight excluding hydrogens is 994 g/mol. The number of aliphatic hydroxyl groups excluding tert-OH is 7. The van der Waals surface area contributed by atoms with E-state index in [1.165, 1.54) is 6.08 Å². The number of carbonyl (C=O) groups is 2. The van der Waals surface area contributed by atoms with Crippen LogP contribution < -0.4 is 0 Å². The minimum absolute atomic E-state index is 0.00475. The van der Waals surface area contributed by atoms with Crippen LogP contribution in [0.15, 0.2) is 85.1 Å². The van der Waals surface area contributed by atoms with Crippen molar-refractivity contribution in [3.63, 3.8) is 0 Å². The lowest BCUT2D eigenvalue weighted by molar-refractivity contribution is -0.210. The summed E-state index contributed by atoms with van der Waals surface area (Å²) in [6.45, 7) is 2.39. The summed E-state index contributed by atoms with van der Waals surface area (Å²) >= 11 is 0. The van der Waals surface area contributed by atoms with Crippen molar-refractivity contribution in [1.29, 1.82) is 0 Å². The number of aliphatic hydroxyl groups is 7. The van der Waals surface area contributed by atoms with Crippen LogP contribution in [0.2, 0.25) is 0 Å². The van der Waals surface area contributed by atoms with Gasteiger partial charge in [0.25, 0.3) is 0 Å². The molecule has 13 atom stereocenters. The molecule has 2 aliphatic heterocycles. The number of carbonyl (C=O) groups excluding carboxylic acids is 2. The fourth-order valence-electron chi connectivity index (χ4n) is 7.74. The van der Waals surface area contributed by atoms with Crippen molar-refractivity contribution < 1.29 is 96.9 Å². The number of phosphoric ester groups is 2. The van der Waals surface area contributed by atoms with Crippen molar-refractivity contribution in [3.05, 3.63) is 85.1 Å². The molecule has 22 heteroatoms. The number of ether oxygens (including phenoxy) is 3. The largest absolute Gasteiger partial charge is 0.472 e. The molecule has 2 aliphatic rings. The highest BCUT2D eigenvalue weighted by molar-refractivity contribution is 7.47. The van der Waals surface area contributed by atoms with Crippen LogP contribution in [0.3, 0.4) is 0 Å². The molecule has 2 rings (SSSR count). The van der Waals surface area contributed by atoms with Gasteiger partial charge in [0.2, 0.25) is 0 Å². The van der Waals surface area contributed by atoms with Crippen LogP contribution in [0.4, 0.5) is 0 Å². The maximum atomic E-state index is 13.8. The van der Waals surface area contributed by atoms with Crippen LogP contribution >= 0.6 is 15.6 Å². The highest BCUT2D eigenvalue weighted by atomic mass is 31.2. The molecule has 2 bridgehead atoms. The van der Waals surface area contributed by atoms with Gasteiger partial charge in [-0.3, -0.25) is 23.2 Å². The zero-order chi connectivity index (χ0) is 54.1. The Kier molecular flexibility index (Phi) is 34.2. The number of cyclic esters (lactones) is 1. The molecule has 0 aromatic carbocycles. The first-order valence-electron chi connectivity index (χ1n) is 25.5. The van der Waals surface area contributed by atoms with E-state index in [1.807, 2.05) is 6.92 Å². The average molecular weight is 1080 g/mol. The maximum Gasteiger partial charge on any atom is 0.472 e. The number of phosphoric acid groups is 2. The van der Waals surface area contributed by atoms with Crippen LogP contribution in [0, 0.1) is 5.92 Å². The van der Waals surface area contributed by atoms with Crippen LogP contribution in [0.1, 0.15) is 136 Å². The Labute approximate surface area is 430 Å². The SMILES string of the molecule is CC/C=C\C/C=C\C/C=C\C/C=C\C/C=C\CCCCCC(=O)OC[C@@H]1COP(=O)(O)O[C@H]2[C@H](O)[C@@H](O)[C@H](O)[C@@H](C/C=C\CCCC(=O)O1)[C@@H](O)CC(O)O[C@H](/C=C/[C@@H](O)CCCCC)[C@@H](O)[C@H]2OP(=O)(O)O. The van der Waals surface area contributed by atoms with Gasteiger partial charge in [-0.05, 0) is 77.0 Å². The third-order valence-electron chi connectivity index (χ3n) is 11.8. The molecule has 0 radical (unpaired) electrons. The normalized spacial score (nSPS) is 31.1. The zero-order valence-electron chi connectivity index (χ0n) is 42.3. The van der Waals surface area contributed by atoms with Gasteiger partial charge in [-0.2, -0.15) is 0 Å². The van der Waals surface area contributed by atoms with Gasteiger partial charge >= 0.3 is 27.6 Å². The minimum atomic E-state index is -5.80. The molecule has 73 heavy (non-hydrogen) atoms. The smallest absolute Gasteiger partial charge is 0.462 e. The molecule has 0 aromatic rings. The topological polar surface area (TPSA) is 326 Å². The number of allylic oxidation sites excluding steroid dienone is 12. The predicted molar refractivity (Wildman–Crippen MR) is 272 cm³/mol. The first kappa shape index (κ1) is 66.1. The van der Waals surface area contributed by atoms with Crippen molar-refractivity contribution in [2.75, 3.05) is 13.2 Å². The second kappa shape index (κ2) is 37.7. The van der Waals surface area contributed by atoms with Gasteiger partial charge in [-0.1, -0.05) is 125 Å². The molecule has 418 valence electrons. The molecule has 2 unspecified atom stereocenters. The van der Waals surface area contributed by atoms with Crippen LogP contribution in [0.25, 0.3) is 0 Å². The van der Waals surface area contributed by atoms with Gasteiger partial charge in [-0.15, -0.1) is 0 Å². The van der Waals surface area contributed by atoms with E-state index in [-0.39, 0.29) is 38.5 Å². The van der Waals surface area contributed by atoms with E-state index in [0.29, 0.717) is 19.3 Å². The zero-order valence-corrected chi connectivity index (χ0v) is 44.1. The molecule has 20 nitrogen and oxygen atoms in total. The monoisotopic (exact) mass is 1080 g/mol. The lowest BCUT2D eigenvalue weighted by atomic mass is 9.83. The summed E-state index contributed by atoms with van der Waals surface area (Å²) in [6, 6.07) is 0. The van der Waals surface area contributed by atoms with Gasteiger partial charge < -0.3 is 64.6 Å². The number of fused-ring (bicyclic) bond motifs is 4. The van der Waals surface area contributed by atoms with Crippen LogP contribution in [-0.4, -0.2) is 143 Å². The first-order chi connectivity index (χ1) is 34.8. The summed E-state index contributed by atoms with van der Waals surface area (Å²) in [7, 11) is -11.5. The van der Waals surface area contributed by atoms with Crippen molar-refractivity contribution in [1.82, 2.24) is 0 Å². The molecule has 2 heterocycles. The van der Waals surface area contributed by atoms with Crippen LogP contribution in [0.5, 0.6) is 0 Å². The van der Waals surface area contributed by atoms with Crippen molar-refractivity contribution in [2.45, 2.75) is 203 Å². The van der Waals surface area contributed by atoms with Gasteiger partial charge in [0, 0.05) is 25.2 Å². The lowest BCUT2D eigenvalue weighted by Crippen LogP contribution is -2.58. The Morgan fingerprint density at radius 3 is 2.11 bits per heavy atom. The molecule has 10 N–H and O–H groups in total. The predicted octanol–water partition coefficient (Wildman–Crippen LogP) is 6.28. The lowest BCUT2D eigenvalue weighted by Gasteiger charge is -2.41. The van der Waals surface area contributed by atoms with E-state index in [4.69, 9.17) is 27.8 Å². The van der Waals surface area contributed by atoms with Crippen molar-refractivity contribution in [3.8, 4) is 0 Å². The Morgan fingerprint density at radius 2 is 1.48 bits per heavy atom. The minimum Gasteiger partial charge on any atom is -0.462 e. The third kappa shape index (κ3) is 29.8. The van der Waals surface area contributed by atoms with E-state index in [9.17, 15) is 69.1 Å². The van der Waals surface area contributed by atoms with E-state index < -0.39 is 120 Å². The highest BCUT2D eigenvalue weighted by Gasteiger charge is 2.50. The Bertz CT molecular complexity index is 1850. The summed E-state index contributed by atoms with van der Waals surface area (Å²) in [5, 5.41) is 79.0. The number of rotatable bonds is 25. The average Bonchev–Trinajstić information content (AvgIpc) is 3.33. The molecular formula is C51H84O20P2. The van der Waals surface area contributed by atoms with E-state index in [0.717, 1.165) is 69.9 Å². The second-order valence-corrected chi connectivity index (χ2v) is 20.6. The van der Waals surface area contributed by atoms with E-state index in [1.54, 1.807) is 6.08 Å². The maximum absolute atomic E-state index is 13.8. The number of hydrogen-bond donors (Lipinski definition) is 10. The standard InChI is InChI=1S/C51H84O20P2/c1-3-5-7-8-9-10-11-12-13-14-15-16-17-18-19-20-21-22-27-31-43(54)66-36-39-37-67-73(64,65)71-51-49(60)48(59)46(57)40(30-26-23-24-28-32-44(55)68-39)41(53)35-45(56)69-42(34-33-38(52)29-25-6-4-2)47(58)50(51)70-72(61,62)63/h5,7,9-10,12-13,15-16,18-19,23,26,33-34,38-42,45-53,56-60H,3-4,6,8,11,14,17,20-22,24-25,27-32,35-37H2,1-2H3,(H,64,65)(H2,61,62,63)/b7-5-,10-9-,13-12-,16-15-,19-18-,26-23-,34-33+/t38-,39+,40-,41-,42+,45?,46+,47+,48-,49+,50+,51-/m0/s1. The highest BCUT2D eigenvalue weighted by Crippen LogP contribution is 2.49. The molecule has 0 saturated carbocycles. The number of unbranched alkanes of at least 4 members (excludes halogenated alkanes) is 5. The fraction of sp³-hybridized carbons (Fsp3) is 0.686. The number of esters is 2. The quantitative estimate of drug-likeness (QED) is 0.0208. The molecule has 0 amide bonds. The van der Waals surface area contributed by atoms with Crippen LogP contribution in [-0.2, 0) is 46.5 Å². The van der Waals surface area contributed by atoms with Crippen molar-refractivity contribution >= 4 is 27.6 Å². The molecule has 1 saturated heterocycles. The summed E-state index contributed by atoms with van der Waals surface area (Å²) in [5.41, 5.74) is 0. The molecule has 0 spiro atoms. The van der Waals surface area contributed by atoms with Gasteiger partial charge in [0.1, 0.15) is 43.2 Å². The van der Waals surface area contributed by atoms with Gasteiger partial charge in [0.15, 0.2) is 12.4 Å². The molecule has 0 aromatic heterocycles. The Morgan fingerprint density at radius 1 is 0.836 bits per heavy atom. The third-order valence-corrected chi connectivity index (χ3v) is 13.3. The molecule has 0 aliphatic carbocycles.